The van der Waals surface area contributed by atoms with Gasteiger partial charge in [0.05, 0.1) is 27.0 Å². The Labute approximate surface area is 192 Å². The third-order valence-electron chi connectivity index (χ3n) is 5.51. The number of ether oxygens (including phenoxy) is 3. The third kappa shape index (κ3) is 5.25. The number of aromatic nitrogens is 2. The van der Waals surface area contributed by atoms with E-state index in [9.17, 15) is 4.79 Å². The predicted molar refractivity (Wildman–Crippen MR) is 126 cm³/mol. The summed E-state index contributed by atoms with van der Waals surface area (Å²) in [5, 5.41) is 2.93. The van der Waals surface area contributed by atoms with E-state index in [4.69, 9.17) is 14.2 Å². The van der Waals surface area contributed by atoms with Crippen LogP contribution in [0.4, 0.5) is 16.3 Å². The fourth-order valence-electron chi connectivity index (χ4n) is 3.68. The van der Waals surface area contributed by atoms with Crippen molar-refractivity contribution in [2.24, 2.45) is 0 Å². The topological polar surface area (TPSA) is 89.1 Å². The first kappa shape index (κ1) is 22.2. The standard InChI is InChI=1S/C24H27N5O4/c1-31-19-6-4-5-17(11-19)22-15-23(26-16-25-22)28-7-9-29(10-8-28)24(30)27-18-12-20(32-2)14-21(13-18)33-3/h4-6,11-16H,7-10H2,1-3H3,(H,27,30). The highest BCUT2D eigenvalue weighted by atomic mass is 16.5. The van der Waals surface area contributed by atoms with Crippen molar-refractivity contribution < 1.29 is 19.0 Å². The Balaban J connectivity index is 1.39. The minimum Gasteiger partial charge on any atom is -0.497 e. The number of carbonyl (C=O) groups is 1. The Kier molecular flexibility index (Phi) is 6.77. The van der Waals surface area contributed by atoms with Gasteiger partial charge in [0, 0.05) is 61.7 Å². The normalized spacial score (nSPS) is 13.4. The molecule has 4 rings (SSSR count). The molecule has 1 aliphatic heterocycles. The van der Waals surface area contributed by atoms with Crippen LogP contribution in [0, 0.1) is 0 Å². The number of benzene rings is 2. The minimum atomic E-state index is -0.162. The van der Waals surface area contributed by atoms with E-state index in [0.717, 1.165) is 22.8 Å². The number of anilines is 2. The van der Waals surface area contributed by atoms with E-state index in [2.05, 4.69) is 20.2 Å². The first-order valence-corrected chi connectivity index (χ1v) is 10.6. The van der Waals surface area contributed by atoms with Gasteiger partial charge >= 0.3 is 6.03 Å². The molecule has 1 aliphatic rings. The van der Waals surface area contributed by atoms with E-state index in [1.165, 1.54) is 0 Å². The van der Waals surface area contributed by atoms with E-state index < -0.39 is 0 Å². The van der Waals surface area contributed by atoms with Crippen molar-refractivity contribution in [3.8, 4) is 28.5 Å². The Hall–Kier alpha value is -4.01. The summed E-state index contributed by atoms with van der Waals surface area (Å²) in [5.74, 6) is 2.84. The van der Waals surface area contributed by atoms with Gasteiger partial charge in [-0.25, -0.2) is 14.8 Å². The molecule has 0 unspecified atom stereocenters. The zero-order chi connectivity index (χ0) is 23.2. The molecule has 0 saturated carbocycles. The number of rotatable bonds is 6. The molecule has 0 aliphatic carbocycles. The lowest BCUT2D eigenvalue weighted by Gasteiger charge is -2.35. The Morgan fingerprint density at radius 2 is 1.55 bits per heavy atom. The number of methoxy groups -OCH3 is 3. The molecule has 1 N–H and O–H groups in total. The van der Waals surface area contributed by atoms with Crippen molar-refractivity contribution >= 4 is 17.5 Å². The Morgan fingerprint density at radius 1 is 0.848 bits per heavy atom. The molecule has 1 aromatic heterocycles. The summed E-state index contributed by atoms with van der Waals surface area (Å²) < 4.78 is 15.9. The molecular weight excluding hydrogens is 422 g/mol. The quantitative estimate of drug-likeness (QED) is 0.616. The van der Waals surface area contributed by atoms with Crippen molar-refractivity contribution in [3.63, 3.8) is 0 Å². The molecule has 33 heavy (non-hydrogen) atoms. The summed E-state index contributed by atoms with van der Waals surface area (Å²) in [7, 11) is 4.80. The van der Waals surface area contributed by atoms with Gasteiger partial charge in [-0.1, -0.05) is 12.1 Å². The van der Waals surface area contributed by atoms with Crippen LogP contribution in [-0.4, -0.2) is 68.4 Å². The zero-order valence-corrected chi connectivity index (χ0v) is 18.9. The SMILES string of the molecule is COc1cc(NC(=O)N2CCN(c3cc(-c4cccc(OC)c4)ncn3)CC2)cc(OC)c1. The van der Waals surface area contributed by atoms with E-state index in [0.29, 0.717) is 43.4 Å². The maximum atomic E-state index is 12.8. The lowest BCUT2D eigenvalue weighted by molar-refractivity contribution is 0.208. The molecule has 172 valence electrons. The number of nitrogens with one attached hydrogen (secondary N) is 1. The second kappa shape index (κ2) is 10.1. The fraction of sp³-hybridized carbons (Fsp3) is 0.292. The van der Waals surface area contributed by atoms with E-state index in [1.807, 2.05) is 30.3 Å². The van der Waals surface area contributed by atoms with Crippen LogP contribution >= 0.6 is 0 Å². The van der Waals surface area contributed by atoms with Crippen LogP contribution in [0.25, 0.3) is 11.3 Å². The molecular formula is C24H27N5O4. The molecule has 0 atom stereocenters. The van der Waals surface area contributed by atoms with Crippen molar-refractivity contribution in [1.29, 1.82) is 0 Å². The van der Waals surface area contributed by atoms with Crippen LogP contribution in [0.3, 0.4) is 0 Å². The van der Waals surface area contributed by atoms with Gasteiger partial charge in [0.25, 0.3) is 0 Å². The number of hydrogen-bond acceptors (Lipinski definition) is 7. The second-order valence-electron chi connectivity index (χ2n) is 7.50. The van der Waals surface area contributed by atoms with E-state index in [-0.39, 0.29) is 6.03 Å². The molecule has 1 saturated heterocycles. The van der Waals surface area contributed by atoms with Crippen LogP contribution in [-0.2, 0) is 0 Å². The number of hydrogen-bond donors (Lipinski definition) is 1. The van der Waals surface area contributed by atoms with Gasteiger partial charge in [0.1, 0.15) is 29.4 Å². The smallest absolute Gasteiger partial charge is 0.321 e. The second-order valence-corrected chi connectivity index (χ2v) is 7.50. The van der Waals surface area contributed by atoms with Gasteiger partial charge in [-0.15, -0.1) is 0 Å². The van der Waals surface area contributed by atoms with Gasteiger partial charge in [0.15, 0.2) is 0 Å². The lowest BCUT2D eigenvalue weighted by Crippen LogP contribution is -2.50. The zero-order valence-electron chi connectivity index (χ0n) is 18.9. The highest BCUT2D eigenvalue weighted by Gasteiger charge is 2.22. The highest BCUT2D eigenvalue weighted by molar-refractivity contribution is 5.90. The first-order chi connectivity index (χ1) is 16.1. The highest BCUT2D eigenvalue weighted by Crippen LogP contribution is 2.27. The molecule has 1 fully saturated rings. The fourth-order valence-corrected chi connectivity index (χ4v) is 3.68. The molecule has 3 aromatic rings. The summed E-state index contributed by atoms with van der Waals surface area (Å²) in [6.07, 6.45) is 1.57. The van der Waals surface area contributed by atoms with Crippen LogP contribution in [0.2, 0.25) is 0 Å². The van der Waals surface area contributed by atoms with Gasteiger partial charge < -0.3 is 29.3 Å². The summed E-state index contributed by atoms with van der Waals surface area (Å²) >= 11 is 0. The molecule has 9 heteroatoms. The Bertz CT molecular complexity index is 1090. The number of piperazine rings is 1. The third-order valence-corrected chi connectivity index (χ3v) is 5.51. The number of amides is 2. The summed E-state index contributed by atoms with van der Waals surface area (Å²) in [6.45, 7) is 2.49. The average Bonchev–Trinajstić information content (AvgIpc) is 2.88. The van der Waals surface area contributed by atoms with E-state index in [1.54, 1.807) is 50.8 Å². The number of carbonyl (C=O) groups excluding carboxylic acids is 1. The van der Waals surface area contributed by atoms with Crippen LogP contribution in [0.5, 0.6) is 17.2 Å². The van der Waals surface area contributed by atoms with Crippen molar-refractivity contribution in [3.05, 3.63) is 54.9 Å². The number of urea groups is 1. The van der Waals surface area contributed by atoms with Gasteiger partial charge in [0.2, 0.25) is 0 Å². The maximum absolute atomic E-state index is 12.8. The lowest BCUT2D eigenvalue weighted by atomic mass is 10.1. The molecule has 9 nitrogen and oxygen atoms in total. The molecule has 0 radical (unpaired) electrons. The molecule has 0 bridgehead atoms. The van der Waals surface area contributed by atoms with Gasteiger partial charge in [-0.2, -0.15) is 0 Å². The average molecular weight is 450 g/mol. The molecule has 2 heterocycles. The van der Waals surface area contributed by atoms with E-state index >= 15 is 0 Å². The van der Waals surface area contributed by atoms with Gasteiger partial charge in [-0.3, -0.25) is 0 Å². The largest absolute Gasteiger partial charge is 0.497 e. The molecule has 2 amide bonds. The minimum absolute atomic E-state index is 0.162. The summed E-state index contributed by atoms with van der Waals surface area (Å²) in [4.78, 5) is 25.6. The van der Waals surface area contributed by atoms with Crippen molar-refractivity contribution in [1.82, 2.24) is 14.9 Å². The Morgan fingerprint density at radius 3 is 2.21 bits per heavy atom. The molecule has 0 spiro atoms. The number of nitrogens with zero attached hydrogens (tertiary/aromatic N) is 4. The van der Waals surface area contributed by atoms with Gasteiger partial charge in [-0.05, 0) is 12.1 Å². The summed E-state index contributed by atoms with van der Waals surface area (Å²) in [6, 6.07) is 14.9. The predicted octanol–water partition coefficient (Wildman–Crippen LogP) is 3.52. The van der Waals surface area contributed by atoms with Crippen LogP contribution in [0.1, 0.15) is 0 Å². The molecule has 2 aromatic carbocycles. The maximum Gasteiger partial charge on any atom is 0.321 e. The van der Waals surface area contributed by atoms with Crippen LogP contribution in [0.15, 0.2) is 54.9 Å². The van der Waals surface area contributed by atoms with Crippen molar-refractivity contribution in [2.45, 2.75) is 0 Å². The first-order valence-electron chi connectivity index (χ1n) is 10.6. The van der Waals surface area contributed by atoms with Crippen LogP contribution < -0.4 is 24.4 Å². The van der Waals surface area contributed by atoms with Crippen molar-refractivity contribution in [2.75, 3.05) is 57.7 Å². The monoisotopic (exact) mass is 449 g/mol. The summed E-state index contributed by atoms with van der Waals surface area (Å²) in [5.41, 5.74) is 2.41.